The topological polar surface area (TPSA) is 126 Å². The van der Waals surface area contributed by atoms with Gasteiger partial charge in [0.05, 0.1) is 24.9 Å². The van der Waals surface area contributed by atoms with Crippen molar-refractivity contribution in [3.8, 4) is 0 Å². The van der Waals surface area contributed by atoms with Crippen molar-refractivity contribution in [1.29, 1.82) is 0 Å². The Morgan fingerprint density at radius 2 is 2.13 bits per heavy atom. The molecule has 0 radical (unpaired) electrons. The zero-order chi connectivity index (χ0) is 22.5. The van der Waals surface area contributed by atoms with E-state index in [1.807, 2.05) is 19.9 Å². The van der Waals surface area contributed by atoms with Crippen molar-refractivity contribution in [3.63, 3.8) is 0 Å². The minimum atomic E-state index is -1.38. The number of rotatable bonds is 6. The first-order chi connectivity index (χ1) is 14.8. The van der Waals surface area contributed by atoms with E-state index >= 15 is 0 Å². The van der Waals surface area contributed by atoms with Crippen LogP contribution < -0.4 is 11.1 Å². The maximum absolute atomic E-state index is 12.9. The van der Waals surface area contributed by atoms with Crippen LogP contribution in [0.2, 0.25) is 0 Å². The molecule has 1 amide bonds. The van der Waals surface area contributed by atoms with Gasteiger partial charge in [-0.25, -0.2) is 0 Å². The van der Waals surface area contributed by atoms with E-state index in [9.17, 15) is 15.0 Å². The van der Waals surface area contributed by atoms with Crippen molar-refractivity contribution in [3.05, 3.63) is 11.6 Å². The van der Waals surface area contributed by atoms with E-state index < -0.39 is 6.29 Å². The first-order valence-electron chi connectivity index (χ1n) is 11.7. The lowest BCUT2D eigenvalue weighted by Gasteiger charge is -2.36. The standard InChI is InChI=1S/C23H39N3O5/c1-13(2)31-19-8-7-15(11-14(19)3)23(29)26-22(24)17-6-4-5-16-18(12-20(27)28)25-9-10-30-21(16)17/h6,13-16,18-21,25,27-28H,4-5,7-12H2,1-3H3,(H2,24,26,29). The van der Waals surface area contributed by atoms with Gasteiger partial charge in [0.1, 0.15) is 5.84 Å². The van der Waals surface area contributed by atoms with Crippen LogP contribution in [-0.2, 0) is 14.3 Å². The summed E-state index contributed by atoms with van der Waals surface area (Å²) in [5, 5.41) is 22.3. The number of amidine groups is 1. The Morgan fingerprint density at radius 3 is 2.81 bits per heavy atom. The Balaban J connectivity index is 1.67. The van der Waals surface area contributed by atoms with Crippen molar-refractivity contribution in [2.75, 3.05) is 13.2 Å². The van der Waals surface area contributed by atoms with Gasteiger partial charge in [-0.05, 0) is 51.9 Å². The van der Waals surface area contributed by atoms with Crippen LogP contribution in [0.4, 0.5) is 0 Å². The molecule has 1 saturated heterocycles. The summed E-state index contributed by atoms with van der Waals surface area (Å²) in [4.78, 5) is 17.2. The largest absolute Gasteiger partial charge is 0.383 e. The molecule has 6 unspecified atom stereocenters. The number of carbonyl (C=O) groups excluding carboxylic acids is 1. The highest BCUT2D eigenvalue weighted by molar-refractivity contribution is 6.05. The summed E-state index contributed by atoms with van der Waals surface area (Å²) in [5.41, 5.74) is 7.09. The number of amides is 1. The fourth-order valence-corrected chi connectivity index (χ4v) is 5.29. The number of aliphatic imine (C=N–C) groups is 1. The van der Waals surface area contributed by atoms with E-state index in [2.05, 4.69) is 17.2 Å². The van der Waals surface area contributed by atoms with Crippen LogP contribution in [0, 0.1) is 17.8 Å². The molecule has 8 nitrogen and oxygen atoms in total. The molecule has 1 saturated carbocycles. The van der Waals surface area contributed by atoms with Gasteiger partial charge in [0, 0.05) is 36.4 Å². The zero-order valence-corrected chi connectivity index (χ0v) is 19.0. The van der Waals surface area contributed by atoms with Gasteiger partial charge < -0.3 is 30.7 Å². The molecule has 31 heavy (non-hydrogen) atoms. The summed E-state index contributed by atoms with van der Waals surface area (Å²) < 4.78 is 12.0. The van der Waals surface area contributed by atoms with Gasteiger partial charge in [0.15, 0.2) is 6.29 Å². The second-order valence-corrected chi connectivity index (χ2v) is 9.51. The number of nitrogens with one attached hydrogen (secondary N) is 1. The summed E-state index contributed by atoms with van der Waals surface area (Å²) >= 11 is 0. The fraction of sp³-hybridized carbons (Fsp3) is 0.826. The minimum Gasteiger partial charge on any atom is -0.383 e. The number of nitrogens with zero attached hydrogens (tertiary/aromatic N) is 1. The van der Waals surface area contributed by atoms with Crippen LogP contribution in [0.5, 0.6) is 0 Å². The van der Waals surface area contributed by atoms with E-state index in [0.717, 1.165) is 37.7 Å². The maximum Gasteiger partial charge on any atom is 0.250 e. The molecule has 6 atom stereocenters. The van der Waals surface area contributed by atoms with Gasteiger partial charge in [0.25, 0.3) is 5.91 Å². The van der Waals surface area contributed by atoms with E-state index in [0.29, 0.717) is 19.1 Å². The van der Waals surface area contributed by atoms with Gasteiger partial charge >= 0.3 is 0 Å². The monoisotopic (exact) mass is 437 g/mol. The van der Waals surface area contributed by atoms with E-state index in [1.165, 1.54) is 0 Å². The van der Waals surface area contributed by atoms with Crippen molar-refractivity contribution < 1.29 is 24.5 Å². The second-order valence-electron chi connectivity index (χ2n) is 9.51. The second kappa shape index (κ2) is 11.0. The highest BCUT2D eigenvalue weighted by Gasteiger charge is 2.39. The molecule has 0 spiro atoms. The zero-order valence-electron chi connectivity index (χ0n) is 19.0. The van der Waals surface area contributed by atoms with Crippen LogP contribution >= 0.6 is 0 Å². The van der Waals surface area contributed by atoms with Crippen molar-refractivity contribution in [2.24, 2.45) is 28.5 Å². The lowest BCUT2D eigenvalue weighted by molar-refractivity contribution is -0.125. The number of fused-ring (bicyclic) bond motifs is 1. The molecule has 8 heteroatoms. The number of allylic oxidation sites excluding steroid dienone is 1. The van der Waals surface area contributed by atoms with Crippen LogP contribution in [0.1, 0.15) is 59.3 Å². The number of aliphatic hydroxyl groups is 2. The molecule has 3 aliphatic rings. The molecule has 5 N–H and O–H groups in total. The number of hydrogen-bond donors (Lipinski definition) is 4. The first-order valence-corrected chi connectivity index (χ1v) is 11.7. The van der Waals surface area contributed by atoms with Gasteiger partial charge in [-0.3, -0.25) is 4.79 Å². The third-order valence-electron chi connectivity index (χ3n) is 6.76. The Kier molecular flexibility index (Phi) is 8.64. The van der Waals surface area contributed by atoms with Gasteiger partial charge in [0.2, 0.25) is 0 Å². The lowest BCUT2D eigenvalue weighted by Crippen LogP contribution is -2.45. The van der Waals surface area contributed by atoms with Gasteiger partial charge in [-0.2, -0.15) is 4.99 Å². The number of aliphatic hydroxyl groups excluding tert-OH is 1. The van der Waals surface area contributed by atoms with Crippen LogP contribution in [0.25, 0.3) is 0 Å². The molecule has 176 valence electrons. The number of ether oxygens (including phenoxy) is 2. The maximum atomic E-state index is 12.9. The van der Waals surface area contributed by atoms with Crippen LogP contribution in [-0.4, -0.2) is 65.8 Å². The number of nitrogens with two attached hydrogens (primary N) is 1. The van der Waals surface area contributed by atoms with Crippen LogP contribution in [0.15, 0.2) is 16.6 Å². The van der Waals surface area contributed by atoms with Gasteiger partial charge in [-0.15, -0.1) is 0 Å². The Hall–Kier alpha value is -1.32. The molecule has 3 rings (SSSR count). The first kappa shape index (κ1) is 24.3. The number of hydrogen-bond acceptors (Lipinski definition) is 6. The average Bonchev–Trinajstić information content (AvgIpc) is 2.91. The Morgan fingerprint density at radius 1 is 1.35 bits per heavy atom. The third-order valence-corrected chi connectivity index (χ3v) is 6.76. The highest BCUT2D eigenvalue weighted by Crippen LogP contribution is 2.34. The summed E-state index contributed by atoms with van der Waals surface area (Å²) in [6.45, 7) is 7.34. The Labute approximate surface area is 185 Å². The molecule has 1 aliphatic heterocycles. The molecule has 0 bridgehead atoms. The predicted molar refractivity (Wildman–Crippen MR) is 118 cm³/mol. The SMILES string of the molecule is CC(C)OC1CCC(C(=O)N=C(N)C2=CCCC3C(CC(O)O)NCCOC23)CC1C. The van der Waals surface area contributed by atoms with E-state index in [-0.39, 0.29) is 54.4 Å². The van der Waals surface area contributed by atoms with Crippen molar-refractivity contribution >= 4 is 11.7 Å². The molecule has 1 heterocycles. The molecule has 2 fully saturated rings. The van der Waals surface area contributed by atoms with Crippen molar-refractivity contribution in [2.45, 2.75) is 89.9 Å². The third kappa shape index (κ3) is 6.35. The van der Waals surface area contributed by atoms with E-state index in [1.54, 1.807) is 0 Å². The summed E-state index contributed by atoms with van der Waals surface area (Å²) in [6, 6.07) is -0.0863. The quantitative estimate of drug-likeness (QED) is 0.282. The van der Waals surface area contributed by atoms with Gasteiger partial charge in [-0.1, -0.05) is 13.0 Å². The molecule has 0 aromatic carbocycles. The smallest absolute Gasteiger partial charge is 0.250 e. The summed E-state index contributed by atoms with van der Waals surface area (Å²) in [7, 11) is 0. The molecule has 0 aromatic rings. The lowest BCUT2D eigenvalue weighted by atomic mass is 9.79. The normalized spacial score (nSPS) is 34.9. The highest BCUT2D eigenvalue weighted by atomic mass is 16.5. The predicted octanol–water partition coefficient (Wildman–Crippen LogP) is 1.49. The summed E-state index contributed by atoms with van der Waals surface area (Å²) in [6.07, 6.45) is 4.98. The van der Waals surface area contributed by atoms with Crippen molar-refractivity contribution in [1.82, 2.24) is 5.32 Å². The molecular formula is C23H39N3O5. The minimum absolute atomic E-state index is 0.0526. The Bertz CT molecular complexity index is 678. The fourth-order valence-electron chi connectivity index (χ4n) is 5.29. The summed E-state index contributed by atoms with van der Waals surface area (Å²) in [5.74, 6) is 0.302. The molecule has 0 aromatic heterocycles. The average molecular weight is 438 g/mol. The molecule has 2 aliphatic carbocycles. The number of carbonyl (C=O) groups is 1. The van der Waals surface area contributed by atoms with E-state index in [4.69, 9.17) is 15.2 Å². The van der Waals surface area contributed by atoms with Crippen LogP contribution in [0.3, 0.4) is 0 Å². The molecular weight excluding hydrogens is 398 g/mol.